The molecule has 0 aliphatic rings. The molecule has 0 aliphatic carbocycles. The van der Waals surface area contributed by atoms with E-state index in [1.54, 1.807) is 18.2 Å². The van der Waals surface area contributed by atoms with Crippen molar-refractivity contribution in [2.24, 2.45) is 0 Å². The van der Waals surface area contributed by atoms with Crippen molar-refractivity contribution in [2.45, 2.75) is 6.61 Å². The van der Waals surface area contributed by atoms with Crippen molar-refractivity contribution in [3.8, 4) is 15.9 Å². The maximum atomic E-state index is 11.2. The number of nitrogens with zero attached hydrogens (tertiary/aromatic N) is 1. The third-order valence-corrected chi connectivity index (χ3v) is 5.64. The number of halogens is 1. The summed E-state index contributed by atoms with van der Waals surface area (Å²) in [7, 11) is 0. The summed E-state index contributed by atoms with van der Waals surface area (Å²) in [5.74, 6) is -0.634. The second kappa shape index (κ2) is 7.13. The summed E-state index contributed by atoms with van der Waals surface area (Å²) in [6.45, 7) is 0.270. The Hall–Kier alpha value is -1.88. The summed E-state index contributed by atoms with van der Waals surface area (Å²) in [5.41, 5.74) is 2.10. The molecule has 0 fully saturated rings. The zero-order valence-electron chi connectivity index (χ0n) is 11.9. The van der Waals surface area contributed by atoms with Gasteiger partial charge in [0.15, 0.2) is 0 Å². The molecule has 0 atom stereocenters. The van der Waals surface area contributed by atoms with Gasteiger partial charge in [-0.05, 0) is 0 Å². The van der Waals surface area contributed by atoms with Gasteiger partial charge in [0.05, 0.1) is 0 Å². The Bertz CT molecular complexity index is 830. The van der Waals surface area contributed by atoms with Crippen LogP contribution in [0.4, 0.5) is 0 Å². The first-order valence-corrected chi connectivity index (χ1v) is 9.43. The number of rotatable bonds is 5. The van der Waals surface area contributed by atoms with E-state index in [1.807, 2.05) is 24.3 Å². The van der Waals surface area contributed by atoms with E-state index < -0.39 is 5.97 Å². The van der Waals surface area contributed by atoms with Crippen LogP contribution in [0.5, 0.6) is 5.75 Å². The monoisotopic (exact) mass is 437 g/mol. The van der Waals surface area contributed by atoms with Crippen LogP contribution in [-0.2, 0) is 6.61 Å². The van der Waals surface area contributed by atoms with E-state index in [1.165, 1.54) is 6.07 Å². The predicted molar refractivity (Wildman–Crippen MR) is 92.0 cm³/mol. The standard InChI is InChI=1S/C17H12BrNO3Se/c18-12-7-5-11(6-8-12)16-19-13(10-23-16)9-22-15-4-2-1-3-14(15)17(20)21/h1-8,10H,9H2,(H,20,21). The van der Waals surface area contributed by atoms with Crippen LogP contribution < -0.4 is 4.74 Å². The van der Waals surface area contributed by atoms with Gasteiger partial charge >= 0.3 is 148 Å². The molecule has 6 heteroatoms. The van der Waals surface area contributed by atoms with Crippen LogP contribution in [0.25, 0.3) is 10.1 Å². The van der Waals surface area contributed by atoms with Gasteiger partial charge in [0.1, 0.15) is 0 Å². The molecule has 116 valence electrons. The second-order valence-electron chi connectivity index (χ2n) is 4.74. The van der Waals surface area contributed by atoms with Gasteiger partial charge < -0.3 is 0 Å². The average molecular weight is 437 g/mol. The molecule has 1 N–H and O–H groups in total. The number of aromatic carboxylic acids is 1. The Morgan fingerprint density at radius 3 is 2.65 bits per heavy atom. The number of para-hydroxylation sites is 1. The molecule has 0 saturated carbocycles. The summed E-state index contributed by atoms with van der Waals surface area (Å²) < 4.78 is 7.72. The van der Waals surface area contributed by atoms with Gasteiger partial charge in [-0.3, -0.25) is 0 Å². The van der Waals surface area contributed by atoms with Crippen molar-refractivity contribution in [1.82, 2.24) is 4.98 Å². The molecule has 0 amide bonds. The van der Waals surface area contributed by atoms with E-state index in [4.69, 9.17) is 9.84 Å². The molecular formula is C17H12BrNO3Se. The molecule has 0 aliphatic heterocycles. The van der Waals surface area contributed by atoms with Crippen LogP contribution in [0.2, 0.25) is 0 Å². The summed E-state index contributed by atoms with van der Waals surface area (Å²) >= 11 is 3.58. The Morgan fingerprint density at radius 1 is 1.17 bits per heavy atom. The predicted octanol–water partition coefficient (Wildman–Crippen LogP) is 3.85. The van der Waals surface area contributed by atoms with Crippen molar-refractivity contribution < 1.29 is 14.6 Å². The van der Waals surface area contributed by atoms with E-state index >= 15 is 0 Å². The van der Waals surface area contributed by atoms with Gasteiger partial charge in [0.2, 0.25) is 0 Å². The third kappa shape index (κ3) is 3.91. The maximum absolute atomic E-state index is 11.2. The number of ether oxygens (including phenoxy) is 1. The van der Waals surface area contributed by atoms with Gasteiger partial charge in [-0.1, -0.05) is 0 Å². The van der Waals surface area contributed by atoms with Crippen molar-refractivity contribution >= 4 is 36.4 Å². The summed E-state index contributed by atoms with van der Waals surface area (Å²) in [4.78, 5) is 17.8. The Kier molecular flexibility index (Phi) is 4.96. The number of carbonyl (C=O) groups is 1. The molecule has 4 nitrogen and oxygen atoms in total. The van der Waals surface area contributed by atoms with Crippen molar-refractivity contribution in [3.05, 3.63) is 69.2 Å². The second-order valence-corrected chi connectivity index (χ2v) is 7.46. The third-order valence-electron chi connectivity index (χ3n) is 3.14. The number of benzene rings is 2. The number of carboxylic acids is 1. The number of aromatic nitrogens is 1. The summed E-state index contributed by atoms with van der Waals surface area (Å²) in [6, 6.07) is 14.7. The minimum atomic E-state index is -0.996. The zero-order chi connectivity index (χ0) is 16.2. The number of hydrogen-bond donors (Lipinski definition) is 1. The van der Waals surface area contributed by atoms with E-state index in [-0.39, 0.29) is 26.7 Å². The van der Waals surface area contributed by atoms with Crippen LogP contribution in [0.3, 0.4) is 0 Å². The quantitative estimate of drug-likeness (QED) is 0.617. The van der Waals surface area contributed by atoms with E-state index in [2.05, 4.69) is 25.9 Å². The fourth-order valence-electron chi connectivity index (χ4n) is 2.02. The van der Waals surface area contributed by atoms with Crippen LogP contribution in [0.15, 0.2) is 57.9 Å². The fraction of sp³-hybridized carbons (Fsp3) is 0.0588. The van der Waals surface area contributed by atoms with Crippen LogP contribution in [0, 0.1) is 0 Å². The topological polar surface area (TPSA) is 59.4 Å². The van der Waals surface area contributed by atoms with E-state index in [9.17, 15) is 4.79 Å². The SMILES string of the molecule is O=C(O)c1ccccc1OCc1c[se]c(-c2ccc(Br)cc2)n1. The molecule has 2 aromatic carbocycles. The summed E-state index contributed by atoms with van der Waals surface area (Å²) in [6.07, 6.45) is 0. The van der Waals surface area contributed by atoms with Crippen molar-refractivity contribution in [2.75, 3.05) is 0 Å². The molecule has 1 aromatic heterocycles. The van der Waals surface area contributed by atoms with Crippen molar-refractivity contribution in [1.29, 1.82) is 0 Å². The molecule has 3 aromatic rings. The molecule has 0 radical (unpaired) electrons. The molecule has 3 rings (SSSR count). The Labute approximate surface area is 147 Å². The van der Waals surface area contributed by atoms with Crippen LogP contribution in [0.1, 0.15) is 16.1 Å². The van der Waals surface area contributed by atoms with E-state index in [0.717, 1.165) is 20.3 Å². The van der Waals surface area contributed by atoms with E-state index in [0.29, 0.717) is 5.75 Å². The fourth-order valence-corrected chi connectivity index (χ4v) is 3.98. The van der Waals surface area contributed by atoms with Gasteiger partial charge in [0.25, 0.3) is 0 Å². The average Bonchev–Trinajstić information content (AvgIpc) is 3.03. The first-order valence-electron chi connectivity index (χ1n) is 6.79. The van der Waals surface area contributed by atoms with Crippen LogP contribution >= 0.6 is 15.9 Å². The van der Waals surface area contributed by atoms with Gasteiger partial charge in [-0.15, -0.1) is 0 Å². The van der Waals surface area contributed by atoms with Crippen LogP contribution in [-0.4, -0.2) is 30.6 Å². The first kappa shape index (κ1) is 16.0. The molecule has 1 heterocycles. The molecular weight excluding hydrogens is 425 g/mol. The van der Waals surface area contributed by atoms with Gasteiger partial charge in [-0.2, -0.15) is 0 Å². The Morgan fingerprint density at radius 2 is 1.91 bits per heavy atom. The number of carboxylic acid groups (broad SMARTS) is 1. The first-order chi connectivity index (χ1) is 11.1. The minimum absolute atomic E-state index is 0.161. The molecule has 0 bridgehead atoms. The molecule has 0 saturated heterocycles. The molecule has 0 unspecified atom stereocenters. The van der Waals surface area contributed by atoms with Gasteiger partial charge in [0, 0.05) is 0 Å². The Balaban J connectivity index is 1.73. The van der Waals surface area contributed by atoms with Crippen molar-refractivity contribution in [3.63, 3.8) is 0 Å². The zero-order valence-corrected chi connectivity index (χ0v) is 15.2. The number of hydrogen-bond acceptors (Lipinski definition) is 3. The molecule has 0 spiro atoms. The normalized spacial score (nSPS) is 10.5. The molecule has 23 heavy (non-hydrogen) atoms. The summed E-state index contributed by atoms with van der Waals surface area (Å²) in [5, 5.41) is 9.15. The van der Waals surface area contributed by atoms with Gasteiger partial charge in [-0.25, -0.2) is 0 Å².